The van der Waals surface area contributed by atoms with Crippen LogP contribution in [0.1, 0.15) is 15.9 Å². The SMILES string of the molecule is COc1ccc2[nH]c(=O)c3c(c2c1)CSCC3=O. The maximum Gasteiger partial charge on any atom is 0.259 e. The van der Waals surface area contributed by atoms with Crippen molar-refractivity contribution >= 4 is 28.4 Å². The molecule has 0 saturated carbocycles. The molecule has 0 atom stereocenters. The fraction of sp³-hybridized carbons (Fsp3) is 0.231. The van der Waals surface area contributed by atoms with E-state index in [2.05, 4.69) is 4.98 Å². The number of hydrogen-bond donors (Lipinski definition) is 1. The van der Waals surface area contributed by atoms with E-state index >= 15 is 0 Å². The summed E-state index contributed by atoms with van der Waals surface area (Å²) in [5, 5.41) is 0.893. The minimum absolute atomic E-state index is 0.0905. The number of ketones is 1. The molecule has 2 aromatic rings. The topological polar surface area (TPSA) is 59.2 Å². The summed E-state index contributed by atoms with van der Waals surface area (Å²) in [5.74, 6) is 1.70. The summed E-state index contributed by atoms with van der Waals surface area (Å²) in [6, 6.07) is 5.46. The largest absolute Gasteiger partial charge is 0.497 e. The number of aromatic amines is 1. The molecule has 0 unspecified atom stereocenters. The summed E-state index contributed by atoms with van der Waals surface area (Å²) in [5.41, 5.74) is 1.60. The van der Waals surface area contributed by atoms with Crippen LogP contribution in [0, 0.1) is 0 Å². The standard InChI is InChI=1S/C13H11NO3S/c1-17-7-2-3-10-8(4-7)9-5-18-6-11(15)12(9)13(16)14-10/h2-4H,5-6H2,1H3,(H,14,16). The number of fused-ring (bicyclic) bond motifs is 3. The van der Waals surface area contributed by atoms with Gasteiger partial charge < -0.3 is 9.72 Å². The number of pyridine rings is 1. The maximum atomic E-state index is 11.9. The van der Waals surface area contributed by atoms with Gasteiger partial charge in [0.05, 0.1) is 18.4 Å². The first-order valence-electron chi connectivity index (χ1n) is 5.54. The second-order valence-corrected chi connectivity index (χ2v) is 5.12. The lowest BCUT2D eigenvalue weighted by molar-refractivity contribution is 0.101. The minimum atomic E-state index is -0.284. The smallest absolute Gasteiger partial charge is 0.259 e. The third kappa shape index (κ3) is 1.62. The fourth-order valence-corrected chi connectivity index (χ4v) is 3.16. The van der Waals surface area contributed by atoms with Gasteiger partial charge in [-0.05, 0) is 23.8 Å². The number of aromatic nitrogens is 1. The Kier molecular flexibility index (Phi) is 2.63. The number of thioether (sulfide) groups is 1. The van der Waals surface area contributed by atoms with E-state index in [1.807, 2.05) is 6.07 Å². The van der Waals surface area contributed by atoms with Crippen LogP contribution in [0.2, 0.25) is 0 Å². The van der Waals surface area contributed by atoms with Gasteiger partial charge in [0.1, 0.15) is 5.75 Å². The minimum Gasteiger partial charge on any atom is -0.497 e. The molecular weight excluding hydrogens is 250 g/mol. The van der Waals surface area contributed by atoms with Crippen molar-refractivity contribution in [2.24, 2.45) is 0 Å². The molecule has 0 saturated heterocycles. The van der Waals surface area contributed by atoms with Gasteiger partial charge in [0.2, 0.25) is 0 Å². The van der Waals surface area contributed by atoms with Crippen LogP contribution in [0.5, 0.6) is 5.75 Å². The third-order valence-corrected chi connectivity index (χ3v) is 4.05. The lowest BCUT2D eigenvalue weighted by Crippen LogP contribution is -2.25. The fourth-order valence-electron chi connectivity index (χ4n) is 2.23. The van der Waals surface area contributed by atoms with E-state index < -0.39 is 0 Å². The van der Waals surface area contributed by atoms with Gasteiger partial charge in [-0.1, -0.05) is 0 Å². The first kappa shape index (κ1) is 11.3. The van der Waals surface area contributed by atoms with E-state index in [1.165, 1.54) is 11.8 Å². The van der Waals surface area contributed by atoms with Crippen molar-refractivity contribution in [1.82, 2.24) is 4.98 Å². The molecule has 1 aromatic heterocycles. The predicted molar refractivity (Wildman–Crippen MR) is 71.6 cm³/mol. The van der Waals surface area contributed by atoms with Crippen LogP contribution in [-0.4, -0.2) is 23.6 Å². The second-order valence-electron chi connectivity index (χ2n) is 4.14. The Balaban J connectivity index is 2.41. The summed E-state index contributed by atoms with van der Waals surface area (Å²) < 4.78 is 5.19. The molecule has 0 spiro atoms. The van der Waals surface area contributed by atoms with E-state index in [1.54, 1.807) is 19.2 Å². The maximum absolute atomic E-state index is 11.9. The van der Waals surface area contributed by atoms with E-state index in [9.17, 15) is 9.59 Å². The highest BCUT2D eigenvalue weighted by atomic mass is 32.2. The Morgan fingerprint density at radius 1 is 1.28 bits per heavy atom. The van der Waals surface area contributed by atoms with E-state index in [-0.39, 0.29) is 11.3 Å². The zero-order valence-corrected chi connectivity index (χ0v) is 10.6. The Morgan fingerprint density at radius 3 is 2.89 bits per heavy atom. The van der Waals surface area contributed by atoms with Crippen LogP contribution >= 0.6 is 11.8 Å². The quantitative estimate of drug-likeness (QED) is 0.852. The molecule has 5 heteroatoms. The summed E-state index contributed by atoms with van der Waals surface area (Å²) >= 11 is 1.54. The molecule has 18 heavy (non-hydrogen) atoms. The van der Waals surface area contributed by atoms with Gasteiger partial charge >= 0.3 is 0 Å². The van der Waals surface area contributed by atoms with E-state index in [0.29, 0.717) is 17.1 Å². The van der Waals surface area contributed by atoms with Crippen LogP contribution in [0.4, 0.5) is 0 Å². The Hall–Kier alpha value is -1.75. The Morgan fingerprint density at radius 2 is 2.11 bits per heavy atom. The van der Waals surface area contributed by atoms with Crippen LogP contribution in [0.15, 0.2) is 23.0 Å². The molecule has 4 nitrogen and oxygen atoms in total. The average molecular weight is 261 g/mol. The van der Waals surface area contributed by atoms with Crippen molar-refractivity contribution in [3.05, 3.63) is 39.7 Å². The van der Waals surface area contributed by atoms with Crippen LogP contribution in [0.25, 0.3) is 10.9 Å². The van der Waals surface area contributed by atoms with E-state index in [0.717, 1.165) is 22.2 Å². The number of Topliss-reactive ketones (excluding diaryl/α,β-unsaturated/α-hetero) is 1. The zero-order chi connectivity index (χ0) is 12.7. The Labute approximate surface area is 107 Å². The van der Waals surface area contributed by atoms with Crippen molar-refractivity contribution in [3.8, 4) is 5.75 Å². The third-order valence-electron chi connectivity index (χ3n) is 3.09. The number of ether oxygens (including phenoxy) is 1. The van der Waals surface area contributed by atoms with Gasteiger partial charge in [0.25, 0.3) is 5.56 Å². The highest BCUT2D eigenvalue weighted by Gasteiger charge is 2.23. The molecule has 0 amide bonds. The van der Waals surface area contributed by atoms with Crippen molar-refractivity contribution in [2.75, 3.05) is 12.9 Å². The highest BCUT2D eigenvalue weighted by Crippen LogP contribution is 2.30. The number of carbonyl (C=O) groups excluding carboxylic acids is 1. The Bertz CT molecular complexity index is 705. The van der Waals surface area contributed by atoms with Crippen LogP contribution in [0.3, 0.4) is 0 Å². The molecule has 0 radical (unpaired) electrons. The van der Waals surface area contributed by atoms with Crippen molar-refractivity contribution in [3.63, 3.8) is 0 Å². The molecule has 1 aromatic carbocycles. The van der Waals surface area contributed by atoms with Gasteiger partial charge in [-0.3, -0.25) is 9.59 Å². The number of benzene rings is 1. The first-order chi connectivity index (χ1) is 8.70. The number of H-pyrrole nitrogens is 1. The van der Waals surface area contributed by atoms with Crippen molar-refractivity contribution < 1.29 is 9.53 Å². The molecule has 1 aliphatic heterocycles. The summed E-state index contributed by atoms with van der Waals surface area (Å²) in [4.78, 5) is 26.5. The van der Waals surface area contributed by atoms with Gasteiger partial charge in [-0.25, -0.2) is 0 Å². The monoisotopic (exact) mass is 261 g/mol. The lowest BCUT2D eigenvalue weighted by atomic mass is 10.0. The number of rotatable bonds is 1. The summed E-state index contributed by atoms with van der Waals surface area (Å²) in [6.45, 7) is 0. The van der Waals surface area contributed by atoms with Gasteiger partial charge in [-0.2, -0.15) is 0 Å². The molecule has 3 rings (SSSR count). The first-order valence-corrected chi connectivity index (χ1v) is 6.70. The molecule has 2 heterocycles. The van der Waals surface area contributed by atoms with Crippen LogP contribution in [-0.2, 0) is 5.75 Å². The predicted octanol–water partition coefficient (Wildman–Crippen LogP) is 1.97. The number of nitrogens with one attached hydrogen (secondary N) is 1. The van der Waals surface area contributed by atoms with Crippen molar-refractivity contribution in [2.45, 2.75) is 5.75 Å². The number of hydrogen-bond acceptors (Lipinski definition) is 4. The van der Waals surface area contributed by atoms with Gasteiger partial charge in [0.15, 0.2) is 5.78 Å². The van der Waals surface area contributed by atoms with Gasteiger partial charge in [-0.15, -0.1) is 11.8 Å². The normalized spacial score (nSPS) is 14.6. The average Bonchev–Trinajstić information content (AvgIpc) is 2.38. The molecular formula is C13H11NO3S. The zero-order valence-electron chi connectivity index (χ0n) is 9.78. The van der Waals surface area contributed by atoms with E-state index in [4.69, 9.17) is 4.74 Å². The molecule has 0 fully saturated rings. The molecule has 92 valence electrons. The number of carbonyl (C=O) groups is 1. The van der Waals surface area contributed by atoms with Crippen molar-refractivity contribution in [1.29, 1.82) is 0 Å². The summed E-state index contributed by atoms with van der Waals surface area (Å²) in [7, 11) is 1.60. The molecule has 1 N–H and O–H groups in total. The van der Waals surface area contributed by atoms with Gasteiger partial charge in [0, 0.05) is 16.7 Å². The van der Waals surface area contributed by atoms with Crippen LogP contribution < -0.4 is 10.3 Å². The molecule has 0 bridgehead atoms. The molecule has 1 aliphatic rings. The lowest BCUT2D eigenvalue weighted by Gasteiger charge is -2.16. The second kappa shape index (κ2) is 4.17. The highest BCUT2D eigenvalue weighted by molar-refractivity contribution is 7.99. The molecule has 0 aliphatic carbocycles. The summed E-state index contributed by atoms with van der Waals surface area (Å²) in [6.07, 6.45) is 0. The number of methoxy groups -OCH3 is 1.